The molecule has 1 N–H and O–H groups in total. The summed E-state index contributed by atoms with van der Waals surface area (Å²) >= 11 is 0. The summed E-state index contributed by atoms with van der Waals surface area (Å²) in [7, 11) is 0. The molecule has 1 aliphatic heterocycles. The second-order valence-corrected chi connectivity index (χ2v) is 8.01. The van der Waals surface area contributed by atoms with Gasteiger partial charge >= 0.3 is 6.18 Å². The van der Waals surface area contributed by atoms with Crippen molar-refractivity contribution in [1.82, 2.24) is 10.2 Å². The van der Waals surface area contributed by atoms with Gasteiger partial charge < -0.3 is 5.32 Å². The molecule has 0 bridgehead atoms. The average molecular weight is 392 g/mol. The molecule has 0 aromatic heterocycles. The Labute approximate surface area is 162 Å². The fourth-order valence-corrected chi connectivity index (χ4v) is 4.70. The molecule has 2 aromatic rings. The van der Waals surface area contributed by atoms with Crippen LogP contribution in [0.25, 0.3) is 0 Å². The van der Waals surface area contributed by atoms with Gasteiger partial charge in [-0.25, -0.2) is 4.39 Å². The van der Waals surface area contributed by atoms with E-state index in [4.69, 9.17) is 0 Å². The zero-order valence-electron chi connectivity index (χ0n) is 15.6. The van der Waals surface area contributed by atoms with Crippen LogP contribution in [0.3, 0.4) is 0 Å². The van der Waals surface area contributed by atoms with Gasteiger partial charge in [0.25, 0.3) is 0 Å². The molecule has 0 spiro atoms. The number of fused-ring (bicyclic) bond motifs is 1. The Kier molecular flexibility index (Phi) is 5.43. The molecule has 3 atom stereocenters. The van der Waals surface area contributed by atoms with Crippen molar-refractivity contribution < 1.29 is 17.6 Å². The van der Waals surface area contributed by atoms with Crippen LogP contribution < -0.4 is 5.32 Å². The Morgan fingerprint density at radius 1 is 0.964 bits per heavy atom. The normalized spacial score (nSPS) is 25.2. The summed E-state index contributed by atoms with van der Waals surface area (Å²) in [5.74, 6) is 0.883. The van der Waals surface area contributed by atoms with Crippen molar-refractivity contribution in [3.8, 4) is 0 Å². The summed E-state index contributed by atoms with van der Waals surface area (Å²) in [5.41, 5.74) is 1.19. The SMILES string of the molecule is Fc1ccc(CN[C@H]2CC[C@@H]3CN(Cc4cccc(C(F)(F)F)c4)C[C@@H]32)cc1. The molecule has 2 aromatic carbocycles. The largest absolute Gasteiger partial charge is 0.416 e. The van der Waals surface area contributed by atoms with Crippen molar-refractivity contribution in [2.45, 2.75) is 38.1 Å². The molecular formula is C22H24F4N2. The predicted molar refractivity (Wildman–Crippen MR) is 100.0 cm³/mol. The maximum atomic E-state index is 13.0. The summed E-state index contributed by atoms with van der Waals surface area (Å²) in [5, 5.41) is 3.60. The molecule has 150 valence electrons. The summed E-state index contributed by atoms with van der Waals surface area (Å²) in [6.07, 6.45) is -2.04. The first-order valence-electron chi connectivity index (χ1n) is 9.75. The fraction of sp³-hybridized carbons (Fsp3) is 0.455. The number of alkyl halides is 3. The van der Waals surface area contributed by atoms with Crippen LogP contribution in [0.4, 0.5) is 17.6 Å². The van der Waals surface area contributed by atoms with Crippen molar-refractivity contribution in [1.29, 1.82) is 0 Å². The number of likely N-dealkylation sites (tertiary alicyclic amines) is 1. The molecule has 4 rings (SSSR count). The van der Waals surface area contributed by atoms with Crippen molar-refractivity contribution in [2.75, 3.05) is 13.1 Å². The zero-order chi connectivity index (χ0) is 19.7. The summed E-state index contributed by atoms with van der Waals surface area (Å²) in [6, 6.07) is 12.6. The van der Waals surface area contributed by atoms with Gasteiger partial charge in [0, 0.05) is 32.2 Å². The van der Waals surface area contributed by atoms with Gasteiger partial charge in [-0.1, -0.05) is 30.3 Å². The number of rotatable bonds is 5. The van der Waals surface area contributed by atoms with E-state index in [1.807, 2.05) is 0 Å². The zero-order valence-corrected chi connectivity index (χ0v) is 15.6. The van der Waals surface area contributed by atoms with Crippen LogP contribution in [0.2, 0.25) is 0 Å². The van der Waals surface area contributed by atoms with E-state index >= 15 is 0 Å². The summed E-state index contributed by atoms with van der Waals surface area (Å²) in [6.45, 7) is 3.11. The molecule has 1 saturated heterocycles. The number of halogens is 4. The number of benzene rings is 2. The standard InChI is InChI=1S/C22H24F4N2/c23-19-7-4-15(5-8-19)11-27-21-9-6-17-13-28(14-20(17)21)12-16-2-1-3-18(10-16)22(24,25)26/h1-5,7-8,10,17,20-21,27H,6,9,11-14H2/t17-,20+,21+/m1/s1. The Bertz CT molecular complexity index is 803. The van der Waals surface area contributed by atoms with Crippen molar-refractivity contribution in [3.63, 3.8) is 0 Å². The average Bonchev–Trinajstić information content (AvgIpc) is 3.21. The first kappa shape index (κ1) is 19.4. The maximum Gasteiger partial charge on any atom is 0.416 e. The maximum absolute atomic E-state index is 13.0. The number of hydrogen-bond donors (Lipinski definition) is 1. The topological polar surface area (TPSA) is 15.3 Å². The molecule has 0 amide bonds. The van der Waals surface area contributed by atoms with E-state index in [-0.39, 0.29) is 5.82 Å². The van der Waals surface area contributed by atoms with Gasteiger partial charge in [0.15, 0.2) is 0 Å². The monoisotopic (exact) mass is 392 g/mol. The highest BCUT2D eigenvalue weighted by atomic mass is 19.4. The van der Waals surface area contributed by atoms with Gasteiger partial charge in [0.2, 0.25) is 0 Å². The van der Waals surface area contributed by atoms with Crippen LogP contribution in [0.1, 0.15) is 29.5 Å². The molecule has 1 heterocycles. The lowest BCUT2D eigenvalue weighted by molar-refractivity contribution is -0.137. The molecule has 1 saturated carbocycles. The van der Waals surface area contributed by atoms with Crippen molar-refractivity contribution >= 4 is 0 Å². The molecule has 0 radical (unpaired) electrons. The third-order valence-electron chi connectivity index (χ3n) is 6.07. The Morgan fingerprint density at radius 3 is 2.50 bits per heavy atom. The molecule has 1 aliphatic carbocycles. The lowest BCUT2D eigenvalue weighted by Crippen LogP contribution is -2.35. The van der Waals surface area contributed by atoms with E-state index in [0.29, 0.717) is 36.5 Å². The summed E-state index contributed by atoms with van der Waals surface area (Å²) < 4.78 is 51.8. The van der Waals surface area contributed by atoms with Gasteiger partial charge in [-0.05, 0) is 54.0 Å². The molecule has 28 heavy (non-hydrogen) atoms. The number of hydrogen-bond acceptors (Lipinski definition) is 2. The van der Waals surface area contributed by atoms with Gasteiger partial charge in [0.1, 0.15) is 5.82 Å². The smallest absolute Gasteiger partial charge is 0.310 e. The lowest BCUT2D eigenvalue weighted by Gasteiger charge is -2.22. The first-order valence-corrected chi connectivity index (χ1v) is 9.75. The minimum absolute atomic E-state index is 0.231. The van der Waals surface area contributed by atoms with Crippen LogP contribution in [-0.2, 0) is 19.3 Å². The third-order valence-corrected chi connectivity index (χ3v) is 6.07. The van der Waals surface area contributed by atoms with Crippen molar-refractivity contribution in [3.05, 3.63) is 71.0 Å². The van der Waals surface area contributed by atoms with E-state index in [0.717, 1.165) is 37.6 Å². The minimum atomic E-state index is -4.30. The van der Waals surface area contributed by atoms with Crippen LogP contribution in [0.15, 0.2) is 48.5 Å². The quantitative estimate of drug-likeness (QED) is 0.732. The van der Waals surface area contributed by atoms with E-state index in [1.54, 1.807) is 18.2 Å². The summed E-state index contributed by atoms with van der Waals surface area (Å²) in [4.78, 5) is 2.27. The molecule has 2 aliphatic rings. The highest BCUT2D eigenvalue weighted by Crippen LogP contribution is 2.39. The predicted octanol–water partition coefficient (Wildman–Crippen LogP) is 4.84. The number of nitrogens with one attached hydrogen (secondary N) is 1. The van der Waals surface area contributed by atoms with E-state index in [9.17, 15) is 17.6 Å². The van der Waals surface area contributed by atoms with Crippen LogP contribution >= 0.6 is 0 Å². The van der Waals surface area contributed by atoms with Gasteiger partial charge in [-0.15, -0.1) is 0 Å². The number of nitrogens with zero attached hydrogens (tertiary/aromatic N) is 1. The second kappa shape index (κ2) is 7.84. The van der Waals surface area contributed by atoms with Gasteiger partial charge in [0.05, 0.1) is 5.56 Å². The molecule has 2 nitrogen and oxygen atoms in total. The van der Waals surface area contributed by atoms with E-state index in [1.165, 1.54) is 24.3 Å². The highest BCUT2D eigenvalue weighted by Gasteiger charge is 2.42. The van der Waals surface area contributed by atoms with Gasteiger partial charge in [-0.3, -0.25) is 4.90 Å². The van der Waals surface area contributed by atoms with Gasteiger partial charge in [-0.2, -0.15) is 13.2 Å². The minimum Gasteiger partial charge on any atom is -0.310 e. The van der Waals surface area contributed by atoms with Crippen LogP contribution in [0, 0.1) is 17.7 Å². The first-order chi connectivity index (χ1) is 13.4. The van der Waals surface area contributed by atoms with Crippen molar-refractivity contribution in [2.24, 2.45) is 11.8 Å². The Morgan fingerprint density at radius 2 is 1.75 bits per heavy atom. The molecule has 6 heteroatoms. The van der Waals surface area contributed by atoms with Crippen LogP contribution in [0.5, 0.6) is 0 Å². The van der Waals surface area contributed by atoms with Crippen LogP contribution in [-0.4, -0.2) is 24.0 Å². The van der Waals surface area contributed by atoms with E-state index < -0.39 is 11.7 Å². The highest BCUT2D eigenvalue weighted by molar-refractivity contribution is 5.26. The Hall–Kier alpha value is -1.92. The van der Waals surface area contributed by atoms with E-state index in [2.05, 4.69) is 10.2 Å². The molecule has 2 fully saturated rings. The molecular weight excluding hydrogens is 368 g/mol. The Balaban J connectivity index is 1.34. The second-order valence-electron chi connectivity index (χ2n) is 8.01. The fourth-order valence-electron chi connectivity index (χ4n) is 4.70. The third kappa shape index (κ3) is 4.39. The lowest BCUT2D eigenvalue weighted by atomic mass is 9.97. The molecule has 0 unspecified atom stereocenters.